The van der Waals surface area contributed by atoms with Crippen molar-refractivity contribution in [3.63, 3.8) is 0 Å². The van der Waals surface area contributed by atoms with Crippen LogP contribution in [0.25, 0.3) is 0 Å². The van der Waals surface area contributed by atoms with Crippen molar-refractivity contribution in [2.45, 2.75) is 44.7 Å². The van der Waals surface area contributed by atoms with Gasteiger partial charge in [-0.25, -0.2) is 12.8 Å². The van der Waals surface area contributed by atoms with E-state index in [0.717, 1.165) is 5.56 Å². The lowest BCUT2D eigenvalue weighted by Gasteiger charge is -2.25. The average molecular weight is 302 g/mol. The summed E-state index contributed by atoms with van der Waals surface area (Å²) in [6.07, 6.45) is 0.690. The molecule has 114 valence electrons. The minimum atomic E-state index is -3.80. The smallest absolute Gasteiger partial charge is 0.246 e. The third-order valence-corrected chi connectivity index (χ3v) is 5.07. The van der Waals surface area contributed by atoms with Gasteiger partial charge in [-0.3, -0.25) is 0 Å². The third-order valence-electron chi connectivity index (χ3n) is 2.98. The second kappa shape index (κ2) is 7.15. The number of benzene rings is 1. The van der Waals surface area contributed by atoms with Gasteiger partial charge in [-0.1, -0.05) is 13.0 Å². The van der Waals surface area contributed by atoms with Gasteiger partial charge < -0.3 is 5.32 Å². The summed E-state index contributed by atoms with van der Waals surface area (Å²) >= 11 is 0. The number of nitrogens with zero attached hydrogens (tertiary/aromatic N) is 1. The van der Waals surface area contributed by atoms with Crippen LogP contribution in [-0.4, -0.2) is 32.4 Å². The van der Waals surface area contributed by atoms with E-state index in [-0.39, 0.29) is 10.9 Å². The van der Waals surface area contributed by atoms with Crippen LogP contribution in [0.3, 0.4) is 0 Å². The van der Waals surface area contributed by atoms with Crippen LogP contribution in [0.2, 0.25) is 0 Å². The van der Waals surface area contributed by atoms with Gasteiger partial charge in [-0.15, -0.1) is 0 Å². The number of sulfonamides is 1. The molecule has 0 saturated heterocycles. The van der Waals surface area contributed by atoms with Crippen molar-refractivity contribution in [2.24, 2.45) is 0 Å². The molecule has 0 aliphatic heterocycles. The lowest BCUT2D eigenvalue weighted by Crippen LogP contribution is -2.38. The Hall–Kier alpha value is -0.980. The average Bonchev–Trinajstić information content (AvgIpc) is 2.37. The highest BCUT2D eigenvalue weighted by atomic mass is 32.2. The lowest BCUT2D eigenvalue weighted by atomic mass is 10.2. The normalized spacial score (nSPS) is 12.3. The first-order valence-electron chi connectivity index (χ1n) is 6.79. The molecule has 0 unspecified atom stereocenters. The molecular formula is C14H23FN2O2S. The van der Waals surface area contributed by atoms with Gasteiger partial charge in [-0.2, -0.15) is 4.31 Å². The predicted molar refractivity (Wildman–Crippen MR) is 78.5 cm³/mol. The van der Waals surface area contributed by atoms with Gasteiger partial charge in [-0.05, 0) is 45.0 Å². The van der Waals surface area contributed by atoms with Crippen LogP contribution in [0.1, 0.15) is 32.8 Å². The van der Waals surface area contributed by atoms with E-state index in [9.17, 15) is 12.8 Å². The van der Waals surface area contributed by atoms with E-state index in [1.165, 1.54) is 16.4 Å². The Morgan fingerprint density at radius 2 is 2.00 bits per heavy atom. The molecule has 1 aromatic rings. The first kappa shape index (κ1) is 17.1. The van der Waals surface area contributed by atoms with Crippen LogP contribution < -0.4 is 5.32 Å². The molecule has 1 rings (SSSR count). The molecule has 0 aliphatic carbocycles. The molecule has 4 nitrogen and oxygen atoms in total. The second-order valence-corrected chi connectivity index (χ2v) is 6.86. The van der Waals surface area contributed by atoms with Crippen LogP contribution in [0.4, 0.5) is 4.39 Å². The van der Waals surface area contributed by atoms with Crippen molar-refractivity contribution >= 4 is 10.0 Å². The molecule has 0 aliphatic rings. The van der Waals surface area contributed by atoms with Gasteiger partial charge in [0.05, 0.1) is 0 Å². The molecular weight excluding hydrogens is 279 g/mol. The molecule has 1 aromatic carbocycles. The van der Waals surface area contributed by atoms with E-state index >= 15 is 0 Å². The first-order chi connectivity index (χ1) is 9.34. The van der Waals surface area contributed by atoms with Gasteiger partial charge in [0.2, 0.25) is 10.0 Å². The Morgan fingerprint density at radius 3 is 2.50 bits per heavy atom. The summed E-state index contributed by atoms with van der Waals surface area (Å²) in [7, 11) is -2.04. The lowest BCUT2D eigenvalue weighted by molar-refractivity contribution is 0.352. The Morgan fingerprint density at radius 1 is 1.35 bits per heavy atom. The van der Waals surface area contributed by atoms with E-state index in [1.54, 1.807) is 27.0 Å². The molecule has 0 heterocycles. The maximum absolute atomic E-state index is 13.9. The summed E-state index contributed by atoms with van der Waals surface area (Å²) in [5.41, 5.74) is 0.743. The maximum Gasteiger partial charge on any atom is 0.246 e. The summed E-state index contributed by atoms with van der Waals surface area (Å²) in [4.78, 5) is -0.243. The van der Waals surface area contributed by atoms with Gasteiger partial charge in [0.1, 0.15) is 10.7 Å². The molecule has 0 fully saturated rings. The highest BCUT2D eigenvalue weighted by Crippen LogP contribution is 2.23. The summed E-state index contributed by atoms with van der Waals surface area (Å²) in [5.74, 6) is -0.702. The third kappa shape index (κ3) is 3.77. The fourth-order valence-corrected chi connectivity index (χ4v) is 3.91. The molecule has 1 N–H and O–H groups in total. The van der Waals surface area contributed by atoms with E-state index < -0.39 is 15.8 Å². The van der Waals surface area contributed by atoms with E-state index in [1.807, 2.05) is 6.92 Å². The monoisotopic (exact) mass is 302 g/mol. The maximum atomic E-state index is 13.9. The summed E-state index contributed by atoms with van der Waals surface area (Å²) in [6, 6.07) is 4.01. The largest absolute Gasteiger partial charge is 0.316 e. The fourth-order valence-electron chi connectivity index (χ4n) is 2.06. The Kier molecular flexibility index (Phi) is 6.10. The number of halogens is 1. The zero-order valence-corrected chi connectivity index (χ0v) is 13.3. The van der Waals surface area contributed by atoms with E-state index in [2.05, 4.69) is 5.32 Å². The first-order valence-corrected chi connectivity index (χ1v) is 8.23. The molecule has 0 atom stereocenters. The summed E-state index contributed by atoms with van der Waals surface area (Å²) < 4.78 is 40.5. The predicted octanol–water partition coefficient (Wildman–Crippen LogP) is 2.35. The molecule has 0 aromatic heterocycles. The summed E-state index contributed by atoms with van der Waals surface area (Å²) in [6.45, 7) is 6.37. The number of nitrogens with one attached hydrogen (secondary N) is 1. The standard InChI is InChI=1S/C14H23FN2O2S/c1-5-8-17(11(2)3)20(18,19)14-9-12(10-16-4)6-7-13(14)15/h6-7,9,11,16H,5,8,10H2,1-4H3. The fraction of sp³-hybridized carbons (Fsp3) is 0.571. The van der Waals surface area contributed by atoms with Crippen molar-refractivity contribution in [3.8, 4) is 0 Å². The van der Waals surface area contributed by atoms with Crippen molar-refractivity contribution in [1.29, 1.82) is 0 Å². The zero-order chi connectivity index (χ0) is 15.3. The highest BCUT2D eigenvalue weighted by Gasteiger charge is 2.29. The molecule has 6 heteroatoms. The number of hydrogen-bond donors (Lipinski definition) is 1. The molecule has 0 spiro atoms. The van der Waals surface area contributed by atoms with Crippen LogP contribution >= 0.6 is 0 Å². The second-order valence-electron chi connectivity index (χ2n) is 5.00. The highest BCUT2D eigenvalue weighted by molar-refractivity contribution is 7.89. The molecule has 0 amide bonds. The van der Waals surface area contributed by atoms with Crippen molar-refractivity contribution in [3.05, 3.63) is 29.6 Å². The van der Waals surface area contributed by atoms with Crippen LogP contribution in [0.5, 0.6) is 0 Å². The number of hydrogen-bond acceptors (Lipinski definition) is 3. The number of rotatable bonds is 7. The minimum Gasteiger partial charge on any atom is -0.316 e. The van der Waals surface area contributed by atoms with Crippen molar-refractivity contribution in [1.82, 2.24) is 9.62 Å². The van der Waals surface area contributed by atoms with Gasteiger partial charge >= 0.3 is 0 Å². The van der Waals surface area contributed by atoms with Gasteiger partial charge in [0.25, 0.3) is 0 Å². The van der Waals surface area contributed by atoms with Crippen LogP contribution in [0, 0.1) is 5.82 Å². The molecule has 0 radical (unpaired) electrons. The van der Waals surface area contributed by atoms with Crippen molar-refractivity contribution < 1.29 is 12.8 Å². The Bertz CT molecular complexity index is 544. The van der Waals surface area contributed by atoms with Crippen LogP contribution in [0.15, 0.2) is 23.1 Å². The zero-order valence-electron chi connectivity index (χ0n) is 12.5. The molecule has 0 saturated carbocycles. The summed E-state index contributed by atoms with van der Waals surface area (Å²) in [5, 5.41) is 2.93. The van der Waals surface area contributed by atoms with Gasteiger partial charge in [0.15, 0.2) is 0 Å². The Labute approximate surface area is 121 Å². The SMILES string of the molecule is CCCN(C(C)C)S(=O)(=O)c1cc(CNC)ccc1F. The van der Waals surface area contributed by atoms with Crippen molar-refractivity contribution in [2.75, 3.05) is 13.6 Å². The quantitative estimate of drug-likeness (QED) is 0.841. The molecule has 0 bridgehead atoms. The minimum absolute atomic E-state index is 0.202. The van der Waals surface area contributed by atoms with E-state index in [0.29, 0.717) is 19.5 Å². The molecule has 20 heavy (non-hydrogen) atoms. The Balaban J connectivity index is 3.28. The van der Waals surface area contributed by atoms with Crippen LogP contribution in [-0.2, 0) is 16.6 Å². The topological polar surface area (TPSA) is 49.4 Å². The van der Waals surface area contributed by atoms with Gasteiger partial charge in [0, 0.05) is 19.1 Å². The van der Waals surface area contributed by atoms with E-state index in [4.69, 9.17) is 0 Å².